The van der Waals surface area contributed by atoms with Crippen molar-refractivity contribution in [2.24, 2.45) is 0 Å². The van der Waals surface area contributed by atoms with Crippen LogP contribution in [-0.2, 0) is 4.79 Å². The zero-order chi connectivity index (χ0) is 20.1. The summed E-state index contributed by atoms with van der Waals surface area (Å²) < 4.78 is 5.59. The Bertz CT molecular complexity index is 879. The molecule has 2 aromatic carbocycles. The molecule has 1 saturated heterocycles. The van der Waals surface area contributed by atoms with E-state index >= 15 is 0 Å². The molecule has 1 fully saturated rings. The van der Waals surface area contributed by atoms with Gasteiger partial charge in [-0.05, 0) is 43.2 Å². The van der Waals surface area contributed by atoms with E-state index in [4.69, 9.17) is 4.74 Å². The number of nitro groups is 1. The van der Waals surface area contributed by atoms with Crippen LogP contribution in [0.4, 0.5) is 17.1 Å². The molecule has 2 N–H and O–H groups in total. The fourth-order valence-corrected chi connectivity index (χ4v) is 3.14. The SMILES string of the molecule is Cc1cccc(OCC(=O)Nc2ccc(N3CCNCC3)c([N+](=O)[O-])c2)c1C. The molecule has 1 amide bonds. The number of hydrogen-bond donors (Lipinski definition) is 2. The second kappa shape index (κ2) is 8.71. The van der Waals surface area contributed by atoms with Crippen molar-refractivity contribution in [1.82, 2.24) is 5.32 Å². The monoisotopic (exact) mass is 384 g/mol. The van der Waals surface area contributed by atoms with Crippen molar-refractivity contribution in [3.05, 3.63) is 57.6 Å². The minimum Gasteiger partial charge on any atom is -0.483 e. The quantitative estimate of drug-likeness (QED) is 0.587. The molecule has 3 rings (SSSR count). The lowest BCUT2D eigenvalue weighted by Crippen LogP contribution is -2.43. The fraction of sp³-hybridized carbons (Fsp3) is 0.350. The number of carbonyl (C=O) groups excluding carboxylic acids is 1. The minimum absolute atomic E-state index is 0.0184. The number of nitro benzene ring substituents is 1. The average molecular weight is 384 g/mol. The Morgan fingerprint density at radius 1 is 1.25 bits per heavy atom. The third-order valence-electron chi connectivity index (χ3n) is 4.83. The molecule has 28 heavy (non-hydrogen) atoms. The molecule has 0 saturated carbocycles. The lowest BCUT2D eigenvalue weighted by atomic mass is 10.1. The highest BCUT2D eigenvalue weighted by molar-refractivity contribution is 5.92. The average Bonchev–Trinajstić information content (AvgIpc) is 2.69. The molecular weight excluding hydrogens is 360 g/mol. The van der Waals surface area contributed by atoms with E-state index in [9.17, 15) is 14.9 Å². The van der Waals surface area contributed by atoms with Crippen molar-refractivity contribution in [2.45, 2.75) is 13.8 Å². The van der Waals surface area contributed by atoms with Crippen LogP contribution in [0.3, 0.4) is 0 Å². The number of carbonyl (C=O) groups is 1. The summed E-state index contributed by atoms with van der Waals surface area (Å²) in [4.78, 5) is 25.3. The number of amides is 1. The summed E-state index contributed by atoms with van der Waals surface area (Å²) >= 11 is 0. The van der Waals surface area contributed by atoms with Crippen LogP contribution in [0.5, 0.6) is 5.75 Å². The van der Waals surface area contributed by atoms with Crippen molar-refractivity contribution in [1.29, 1.82) is 0 Å². The largest absolute Gasteiger partial charge is 0.483 e. The molecule has 0 spiro atoms. The summed E-state index contributed by atoms with van der Waals surface area (Å²) in [6, 6.07) is 10.4. The smallest absolute Gasteiger partial charge is 0.294 e. The van der Waals surface area contributed by atoms with Gasteiger partial charge < -0.3 is 20.3 Å². The molecule has 0 aromatic heterocycles. The van der Waals surface area contributed by atoms with Crippen molar-refractivity contribution in [3.8, 4) is 5.75 Å². The zero-order valence-electron chi connectivity index (χ0n) is 16.0. The van der Waals surface area contributed by atoms with E-state index in [1.165, 1.54) is 6.07 Å². The predicted octanol–water partition coefficient (Wildman–Crippen LogP) is 2.64. The highest BCUT2D eigenvalue weighted by atomic mass is 16.6. The van der Waals surface area contributed by atoms with Gasteiger partial charge in [0, 0.05) is 37.9 Å². The summed E-state index contributed by atoms with van der Waals surface area (Å²) in [5, 5.41) is 17.4. The maximum atomic E-state index is 12.2. The van der Waals surface area contributed by atoms with Gasteiger partial charge in [-0.3, -0.25) is 14.9 Å². The molecule has 1 aliphatic rings. The normalized spacial score (nSPS) is 13.9. The standard InChI is InChI=1S/C20H24N4O4/c1-14-4-3-5-19(15(14)2)28-13-20(25)22-16-6-7-17(18(12-16)24(26)27)23-10-8-21-9-11-23/h3-7,12,21H,8-11,13H2,1-2H3,(H,22,25). The molecule has 8 nitrogen and oxygen atoms in total. The molecule has 1 aliphatic heterocycles. The Hall–Kier alpha value is -3.13. The van der Waals surface area contributed by atoms with E-state index < -0.39 is 4.92 Å². The highest BCUT2D eigenvalue weighted by Crippen LogP contribution is 2.31. The summed E-state index contributed by atoms with van der Waals surface area (Å²) in [5.41, 5.74) is 2.98. The fourth-order valence-electron chi connectivity index (χ4n) is 3.14. The van der Waals surface area contributed by atoms with Crippen LogP contribution in [0.2, 0.25) is 0 Å². The maximum Gasteiger partial charge on any atom is 0.294 e. The van der Waals surface area contributed by atoms with Crippen molar-refractivity contribution >= 4 is 23.0 Å². The number of ether oxygens (including phenoxy) is 1. The maximum absolute atomic E-state index is 12.2. The van der Waals surface area contributed by atoms with Gasteiger partial charge in [0.25, 0.3) is 11.6 Å². The van der Waals surface area contributed by atoms with Crippen LogP contribution >= 0.6 is 0 Å². The van der Waals surface area contributed by atoms with Crippen LogP contribution < -0.4 is 20.3 Å². The molecule has 0 radical (unpaired) electrons. The lowest BCUT2D eigenvalue weighted by Gasteiger charge is -2.29. The number of hydrogen-bond acceptors (Lipinski definition) is 6. The number of nitrogens with one attached hydrogen (secondary N) is 2. The Labute approximate surface area is 163 Å². The Morgan fingerprint density at radius 3 is 2.71 bits per heavy atom. The molecule has 148 valence electrons. The topological polar surface area (TPSA) is 96.7 Å². The van der Waals surface area contributed by atoms with E-state index in [1.807, 2.05) is 36.9 Å². The third-order valence-corrected chi connectivity index (χ3v) is 4.83. The molecule has 2 aromatic rings. The second-order valence-electron chi connectivity index (χ2n) is 6.73. The summed E-state index contributed by atoms with van der Waals surface area (Å²) in [5.74, 6) is 0.278. The summed E-state index contributed by atoms with van der Waals surface area (Å²) in [6.45, 7) is 6.71. The van der Waals surface area contributed by atoms with Gasteiger partial charge in [0.2, 0.25) is 0 Å². The van der Waals surface area contributed by atoms with Crippen LogP contribution in [0, 0.1) is 24.0 Å². The summed E-state index contributed by atoms with van der Waals surface area (Å²) in [7, 11) is 0. The van der Waals surface area contributed by atoms with E-state index in [2.05, 4.69) is 10.6 Å². The van der Waals surface area contributed by atoms with E-state index in [0.29, 0.717) is 30.2 Å². The van der Waals surface area contributed by atoms with Crippen molar-refractivity contribution in [2.75, 3.05) is 43.0 Å². The van der Waals surface area contributed by atoms with Gasteiger partial charge in [0.15, 0.2) is 6.61 Å². The lowest BCUT2D eigenvalue weighted by molar-refractivity contribution is -0.384. The van der Waals surface area contributed by atoms with Gasteiger partial charge in [0.05, 0.1) is 4.92 Å². The number of piperazine rings is 1. The Kier molecular flexibility index (Phi) is 6.10. The van der Waals surface area contributed by atoms with Gasteiger partial charge in [-0.25, -0.2) is 0 Å². The Balaban J connectivity index is 1.67. The first kappa shape index (κ1) is 19.6. The van der Waals surface area contributed by atoms with Crippen LogP contribution in [-0.4, -0.2) is 43.6 Å². The molecule has 0 bridgehead atoms. The molecule has 1 heterocycles. The second-order valence-corrected chi connectivity index (χ2v) is 6.73. The molecule has 0 aliphatic carbocycles. The summed E-state index contributed by atoms with van der Waals surface area (Å²) in [6.07, 6.45) is 0. The van der Waals surface area contributed by atoms with Gasteiger partial charge in [-0.15, -0.1) is 0 Å². The number of nitrogens with zero attached hydrogens (tertiary/aromatic N) is 2. The Morgan fingerprint density at radius 2 is 2.00 bits per heavy atom. The molecule has 0 atom stereocenters. The third kappa shape index (κ3) is 4.58. The highest BCUT2D eigenvalue weighted by Gasteiger charge is 2.22. The van der Waals surface area contributed by atoms with E-state index in [-0.39, 0.29) is 18.2 Å². The van der Waals surface area contributed by atoms with E-state index in [1.54, 1.807) is 12.1 Å². The first-order chi connectivity index (χ1) is 13.5. The van der Waals surface area contributed by atoms with Crippen LogP contribution in [0.25, 0.3) is 0 Å². The van der Waals surface area contributed by atoms with E-state index in [0.717, 1.165) is 24.2 Å². The number of anilines is 2. The molecular formula is C20H24N4O4. The molecule has 8 heteroatoms. The van der Waals surface area contributed by atoms with Crippen LogP contribution in [0.15, 0.2) is 36.4 Å². The first-order valence-corrected chi connectivity index (χ1v) is 9.18. The molecule has 0 unspecified atom stereocenters. The van der Waals surface area contributed by atoms with Crippen LogP contribution in [0.1, 0.15) is 11.1 Å². The number of benzene rings is 2. The minimum atomic E-state index is -0.417. The first-order valence-electron chi connectivity index (χ1n) is 9.18. The van der Waals surface area contributed by atoms with Gasteiger partial charge in [-0.2, -0.15) is 0 Å². The number of aryl methyl sites for hydroxylation is 1. The predicted molar refractivity (Wildman–Crippen MR) is 108 cm³/mol. The van der Waals surface area contributed by atoms with Gasteiger partial charge in [0.1, 0.15) is 11.4 Å². The van der Waals surface area contributed by atoms with Gasteiger partial charge in [-0.1, -0.05) is 12.1 Å². The van der Waals surface area contributed by atoms with Crippen molar-refractivity contribution < 1.29 is 14.5 Å². The van der Waals surface area contributed by atoms with Gasteiger partial charge >= 0.3 is 0 Å². The zero-order valence-corrected chi connectivity index (χ0v) is 16.0. The number of rotatable bonds is 6. The van der Waals surface area contributed by atoms with Crippen molar-refractivity contribution in [3.63, 3.8) is 0 Å².